The number of carbonyl (C=O) groups is 2. The number of amides is 2. The summed E-state index contributed by atoms with van der Waals surface area (Å²) in [4.78, 5) is 30.0. The van der Waals surface area contributed by atoms with Gasteiger partial charge < -0.3 is 14.4 Å². The number of nitrogens with zero attached hydrogens (tertiary/aromatic N) is 3. The second-order valence-corrected chi connectivity index (χ2v) is 8.49. The van der Waals surface area contributed by atoms with Crippen LogP contribution in [-0.4, -0.2) is 45.3 Å². The maximum absolute atomic E-state index is 13.2. The molecule has 2 amide bonds. The molecule has 156 valence electrons. The fourth-order valence-electron chi connectivity index (χ4n) is 3.60. The Morgan fingerprint density at radius 1 is 1.14 bits per heavy atom. The molecule has 0 spiro atoms. The molecule has 1 saturated carbocycles. The molecule has 0 bridgehead atoms. The van der Waals surface area contributed by atoms with Gasteiger partial charge >= 0.3 is 0 Å². The van der Waals surface area contributed by atoms with E-state index >= 15 is 0 Å². The number of benzene rings is 1. The van der Waals surface area contributed by atoms with Gasteiger partial charge in [-0.2, -0.15) is 0 Å². The molecule has 0 unspecified atom stereocenters. The Morgan fingerprint density at radius 3 is 2.34 bits per heavy atom. The minimum Gasteiger partial charge on any atom is -0.353 e. The van der Waals surface area contributed by atoms with E-state index in [1.54, 1.807) is 4.90 Å². The third-order valence-corrected chi connectivity index (χ3v) is 5.51. The van der Waals surface area contributed by atoms with Crippen LogP contribution in [-0.2, 0) is 24.8 Å². The summed E-state index contributed by atoms with van der Waals surface area (Å²) in [5.74, 6) is 0.350. The number of hydrogen-bond donors (Lipinski definition) is 0. The molecular formula is C24H33N3O2. The van der Waals surface area contributed by atoms with Crippen molar-refractivity contribution in [1.29, 1.82) is 0 Å². The van der Waals surface area contributed by atoms with E-state index in [1.165, 1.54) is 5.56 Å². The molecule has 0 N–H and O–H groups in total. The lowest BCUT2D eigenvalue weighted by molar-refractivity contribution is -0.133. The fraction of sp³-hybridized carbons (Fsp3) is 0.500. The molecule has 5 heteroatoms. The first kappa shape index (κ1) is 21.2. The topological polar surface area (TPSA) is 45.6 Å². The van der Waals surface area contributed by atoms with E-state index in [0.717, 1.165) is 25.0 Å². The van der Waals surface area contributed by atoms with E-state index in [-0.39, 0.29) is 24.4 Å². The predicted octanol–water partition coefficient (Wildman–Crippen LogP) is 3.88. The first-order valence-corrected chi connectivity index (χ1v) is 10.7. The third kappa shape index (κ3) is 5.49. The summed E-state index contributed by atoms with van der Waals surface area (Å²) in [6.07, 6.45) is 4.90. The lowest BCUT2D eigenvalue weighted by Gasteiger charge is -2.29. The quantitative estimate of drug-likeness (QED) is 0.647. The first-order chi connectivity index (χ1) is 13.9. The molecular weight excluding hydrogens is 362 g/mol. The highest BCUT2D eigenvalue weighted by atomic mass is 16.2. The summed E-state index contributed by atoms with van der Waals surface area (Å²) in [7, 11) is 1.99. The largest absolute Gasteiger partial charge is 0.353 e. The van der Waals surface area contributed by atoms with Gasteiger partial charge in [0.25, 0.3) is 5.91 Å². The van der Waals surface area contributed by atoms with Gasteiger partial charge in [0.05, 0.1) is 6.54 Å². The zero-order chi connectivity index (χ0) is 21.0. The summed E-state index contributed by atoms with van der Waals surface area (Å²) >= 11 is 0. The van der Waals surface area contributed by atoms with Gasteiger partial charge in [0.1, 0.15) is 6.54 Å². The molecule has 0 radical (unpaired) electrons. The van der Waals surface area contributed by atoms with Gasteiger partial charge in [-0.15, -0.1) is 0 Å². The highest BCUT2D eigenvalue weighted by molar-refractivity contribution is 5.97. The van der Waals surface area contributed by atoms with Crippen molar-refractivity contribution >= 4 is 11.8 Å². The predicted molar refractivity (Wildman–Crippen MR) is 116 cm³/mol. The van der Waals surface area contributed by atoms with Crippen LogP contribution in [0.4, 0.5) is 0 Å². The van der Waals surface area contributed by atoms with Crippen molar-refractivity contribution in [3.63, 3.8) is 0 Å². The fourth-order valence-corrected chi connectivity index (χ4v) is 3.60. The van der Waals surface area contributed by atoms with Crippen molar-refractivity contribution in [1.82, 2.24) is 14.4 Å². The van der Waals surface area contributed by atoms with Crippen LogP contribution in [0, 0.1) is 5.92 Å². The van der Waals surface area contributed by atoms with E-state index in [2.05, 4.69) is 20.8 Å². The molecule has 3 rings (SSSR count). The Morgan fingerprint density at radius 2 is 1.83 bits per heavy atom. The van der Waals surface area contributed by atoms with E-state index in [4.69, 9.17) is 0 Å². The molecule has 0 aliphatic heterocycles. The van der Waals surface area contributed by atoms with E-state index in [0.29, 0.717) is 24.6 Å². The van der Waals surface area contributed by atoms with Gasteiger partial charge in [-0.3, -0.25) is 9.59 Å². The molecule has 1 aromatic heterocycles. The Bertz CT molecular complexity index is 834. The van der Waals surface area contributed by atoms with Gasteiger partial charge in [0.2, 0.25) is 5.91 Å². The molecule has 29 heavy (non-hydrogen) atoms. The Balaban J connectivity index is 1.74. The lowest BCUT2D eigenvalue weighted by Crippen LogP contribution is -2.45. The number of aromatic nitrogens is 1. The van der Waals surface area contributed by atoms with E-state index in [1.807, 2.05) is 59.1 Å². The molecule has 1 aromatic carbocycles. The van der Waals surface area contributed by atoms with E-state index in [9.17, 15) is 9.59 Å². The maximum Gasteiger partial charge on any atom is 0.254 e. The molecule has 1 heterocycles. The van der Waals surface area contributed by atoms with Crippen LogP contribution in [0.5, 0.6) is 0 Å². The SMILES string of the molecule is CCc1ccc(C(=O)N(CC(=O)N(Cc2cccn2C)CC(C)C)C2CC2)cc1. The van der Waals surface area contributed by atoms with Crippen molar-refractivity contribution in [2.75, 3.05) is 13.1 Å². The van der Waals surface area contributed by atoms with Crippen molar-refractivity contribution in [2.45, 2.75) is 52.6 Å². The summed E-state index contributed by atoms with van der Waals surface area (Å²) in [5, 5.41) is 0. The summed E-state index contributed by atoms with van der Waals surface area (Å²) < 4.78 is 2.04. The van der Waals surface area contributed by atoms with Crippen molar-refractivity contribution in [2.24, 2.45) is 13.0 Å². The minimum atomic E-state index is -0.0353. The van der Waals surface area contributed by atoms with Gasteiger partial charge in [-0.05, 0) is 55.0 Å². The Labute approximate surface area is 174 Å². The maximum atomic E-state index is 13.2. The lowest BCUT2D eigenvalue weighted by atomic mass is 10.1. The first-order valence-electron chi connectivity index (χ1n) is 10.7. The van der Waals surface area contributed by atoms with Gasteiger partial charge in [-0.1, -0.05) is 32.9 Å². The van der Waals surface area contributed by atoms with Gasteiger partial charge in [0, 0.05) is 37.1 Å². The second-order valence-electron chi connectivity index (χ2n) is 8.49. The molecule has 2 aromatic rings. The third-order valence-electron chi connectivity index (χ3n) is 5.51. The Hall–Kier alpha value is -2.56. The summed E-state index contributed by atoms with van der Waals surface area (Å²) in [5.41, 5.74) is 2.97. The number of aryl methyl sites for hydroxylation is 2. The molecule has 5 nitrogen and oxygen atoms in total. The van der Waals surface area contributed by atoms with E-state index < -0.39 is 0 Å². The number of carbonyl (C=O) groups excluding carboxylic acids is 2. The second kappa shape index (κ2) is 9.29. The normalized spacial score (nSPS) is 13.6. The van der Waals surface area contributed by atoms with Crippen LogP contribution >= 0.6 is 0 Å². The van der Waals surface area contributed by atoms with Gasteiger partial charge in [-0.25, -0.2) is 0 Å². The smallest absolute Gasteiger partial charge is 0.254 e. The van der Waals surface area contributed by atoms with Crippen molar-refractivity contribution in [3.05, 3.63) is 59.4 Å². The number of hydrogen-bond acceptors (Lipinski definition) is 2. The highest BCUT2D eigenvalue weighted by Gasteiger charge is 2.35. The summed E-state index contributed by atoms with van der Waals surface area (Å²) in [6.45, 7) is 7.73. The van der Waals surface area contributed by atoms with Crippen LogP contribution in [0.3, 0.4) is 0 Å². The van der Waals surface area contributed by atoms with Crippen LogP contribution in [0.2, 0.25) is 0 Å². The highest BCUT2D eigenvalue weighted by Crippen LogP contribution is 2.28. The van der Waals surface area contributed by atoms with Crippen LogP contribution in [0.1, 0.15) is 55.2 Å². The molecule has 1 fully saturated rings. The molecule has 1 aliphatic rings. The zero-order valence-electron chi connectivity index (χ0n) is 18.1. The van der Waals surface area contributed by atoms with Crippen LogP contribution in [0.25, 0.3) is 0 Å². The summed E-state index contributed by atoms with van der Waals surface area (Å²) in [6, 6.07) is 12.0. The zero-order valence-corrected chi connectivity index (χ0v) is 18.1. The monoisotopic (exact) mass is 395 g/mol. The minimum absolute atomic E-state index is 0.0188. The number of rotatable bonds is 9. The molecule has 1 aliphatic carbocycles. The van der Waals surface area contributed by atoms with Crippen LogP contribution in [0.15, 0.2) is 42.6 Å². The average molecular weight is 396 g/mol. The van der Waals surface area contributed by atoms with Gasteiger partial charge in [0.15, 0.2) is 0 Å². The Kier molecular flexibility index (Phi) is 6.78. The van der Waals surface area contributed by atoms with Crippen molar-refractivity contribution < 1.29 is 9.59 Å². The van der Waals surface area contributed by atoms with Crippen molar-refractivity contribution in [3.8, 4) is 0 Å². The average Bonchev–Trinajstić information content (AvgIpc) is 3.47. The standard InChI is InChI=1S/C24H33N3O2/c1-5-19-8-10-20(11-9-19)24(29)27(21-12-13-21)17-23(28)26(15-18(2)3)16-22-7-6-14-25(22)4/h6-11,14,18,21H,5,12-13,15-17H2,1-4H3. The molecule has 0 atom stereocenters. The van der Waals surface area contributed by atoms with Crippen LogP contribution < -0.4 is 0 Å². The molecule has 0 saturated heterocycles.